The summed E-state index contributed by atoms with van der Waals surface area (Å²) in [7, 11) is 0. The molecule has 4 N–H and O–H groups in total. The third kappa shape index (κ3) is 3.80. The van der Waals surface area contributed by atoms with Gasteiger partial charge < -0.3 is 11.5 Å². The van der Waals surface area contributed by atoms with Crippen LogP contribution in [-0.4, -0.2) is 36.5 Å². The summed E-state index contributed by atoms with van der Waals surface area (Å²) in [4.78, 5) is 13.4. The van der Waals surface area contributed by atoms with E-state index in [2.05, 4.69) is 4.90 Å². The molecule has 1 aliphatic rings. The molecule has 0 aromatic carbocycles. The molecule has 1 aliphatic heterocycles. The Morgan fingerprint density at radius 3 is 2.93 bits per heavy atom. The predicted molar refractivity (Wildman–Crippen MR) is 61.2 cm³/mol. The third-order valence-electron chi connectivity index (χ3n) is 3.23. The maximum Gasteiger partial charge on any atom is 0.221 e. The Labute approximate surface area is 92.0 Å². The van der Waals surface area contributed by atoms with E-state index in [1.807, 2.05) is 6.92 Å². The number of carbonyl (C=O) groups is 1. The molecule has 2 unspecified atom stereocenters. The lowest BCUT2D eigenvalue weighted by Gasteiger charge is -2.26. The SMILES string of the molecule is CC(CN1CCCC1CCCN)C(N)=O. The number of primary amides is 1. The summed E-state index contributed by atoms with van der Waals surface area (Å²) in [6, 6.07) is 0.621. The van der Waals surface area contributed by atoms with Crippen LogP contribution in [0.1, 0.15) is 32.6 Å². The van der Waals surface area contributed by atoms with Crippen LogP contribution in [0.15, 0.2) is 0 Å². The fourth-order valence-corrected chi connectivity index (χ4v) is 2.26. The Bertz CT molecular complexity index is 208. The average molecular weight is 213 g/mol. The van der Waals surface area contributed by atoms with Crippen molar-refractivity contribution in [2.24, 2.45) is 17.4 Å². The first-order valence-electron chi connectivity index (χ1n) is 5.88. The van der Waals surface area contributed by atoms with Gasteiger partial charge in [-0.3, -0.25) is 9.69 Å². The standard InChI is InChI=1S/C11H23N3O/c1-9(11(13)15)8-14-7-3-5-10(14)4-2-6-12/h9-10H,2-8,12H2,1H3,(H2,13,15). The summed E-state index contributed by atoms with van der Waals surface area (Å²) in [6.45, 7) is 4.58. The average Bonchev–Trinajstić information content (AvgIpc) is 2.62. The zero-order chi connectivity index (χ0) is 11.3. The van der Waals surface area contributed by atoms with Gasteiger partial charge in [-0.15, -0.1) is 0 Å². The molecule has 1 fully saturated rings. The van der Waals surface area contributed by atoms with Crippen LogP contribution in [0.5, 0.6) is 0 Å². The molecular formula is C11H23N3O. The molecule has 0 radical (unpaired) electrons. The number of carbonyl (C=O) groups excluding carboxylic acids is 1. The van der Waals surface area contributed by atoms with Crippen LogP contribution in [0.25, 0.3) is 0 Å². The van der Waals surface area contributed by atoms with Crippen molar-refractivity contribution in [1.29, 1.82) is 0 Å². The summed E-state index contributed by atoms with van der Waals surface area (Å²) < 4.78 is 0. The van der Waals surface area contributed by atoms with Gasteiger partial charge in [-0.1, -0.05) is 6.92 Å². The van der Waals surface area contributed by atoms with E-state index in [0.717, 1.165) is 32.5 Å². The van der Waals surface area contributed by atoms with E-state index in [-0.39, 0.29) is 11.8 Å². The molecule has 1 saturated heterocycles. The molecule has 4 heteroatoms. The van der Waals surface area contributed by atoms with Crippen LogP contribution in [0, 0.1) is 5.92 Å². The maximum atomic E-state index is 11.0. The Balaban J connectivity index is 2.35. The first kappa shape index (κ1) is 12.5. The highest BCUT2D eigenvalue weighted by Crippen LogP contribution is 2.22. The van der Waals surface area contributed by atoms with E-state index >= 15 is 0 Å². The number of hydrogen-bond donors (Lipinski definition) is 2. The molecule has 0 saturated carbocycles. The smallest absolute Gasteiger partial charge is 0.221 e. The molecule has 2 atom stereocenters. The monoisotopic (exact) mass is 213 g/mol. The molecule has 4 nitrogen and oxygen atoms in total. The molecule has 0 aliphatic carbocycles. The quantitative estimate of drug-likeness (QED) is 0.667. The van der Waals surface area contributed by atoms with E-state index in [1.165, 1.54) is 12.8 Å². The summed E-state index contributed by atoms with van der Waals surface area (Å²) in [5.74, 6) is -0.233. The van der Waals surface area contributed by atoms with E-state index < -0.39 is 0 Å². The van der Waals surface area contributed by atoms with E-state index in [0.29, 0.717) is 6.04 Å². The fourth-order valence-electron chi connectivity index (χ4n) is 2.26. The van der Waals surface area contributed by atoms with Crippen LogP contribution in [0.2, 0.25) is 0 Å². The normalized spacial score (nSPS) is 24.3. The van der Waals surface area contributed by atoms with Crippen molar-refractivity contribution in [2.45, 2.75) is 38.6 Å². The van der Waals surface area contributed by atoms with Crippen molar-refractivity contribution in [3.05, 3.63) is 0 Å². The van der Waals surface area contributed by atoms with Crippen molar-refractivity contribution < 1.29 is 4.79 Å². The van der Waals surface area contributed by atoms with Crippen LogP contribution in [0.4, 0.5) is 0 Å². The molecule has 1 rings (SSSR count). The van der Waals surface area contributed by atoms with Gasteiger partial charge in [0.25, 0.3) is 0 Å². The zero-order valence-electron chi connectivity index (χ0n) is 9.61. The summed E-state index contributed by atoms with van der Waals surface area (Å²) >= 11 is 0. The molecule has 1 heterocycles. The van der Waals surface area contributed by atoms with Gasteiger partial charge in [0, 0.05) is 18.5 Å². The summed E-state index contributed by atoms with van der Waals surface area (Å²) in [6.07, 6.45) is 4.71. The molecule has 15 heavy (non-hydrogen) atoms. The van der Waals surface area contributed by atoms with Crippen LogP contribution >= 0.6 is 0 Å². The number of nitrogens with two attached hydrogens (primary N) is 2. The lowest BCUT2D eigenvalue weighted by atomic mass is 10.1. The second-order valence-electron chi connectivity index (χ2n) is 4.53. The number of nitrogens with zero attached hydrogens (tertiary/aromatic N) is 1. The van der Waals surface area contributed by atoms with Crippen LogP contribution in [-0.2, 0) is 4.79 Å². The zero-order valence-corrected chi connectivity index (χ0v) is 9.61. The van der Waals surface area contributed by atoms with Gasteiger partial charge in [0.2, 0.25) is 5.91 Å². The Hall–Kier alpha value is -0.610. The summed E-state index contributed by atoms with van der Waals surface area (Å²) in [5.41, 5.74) is 10.8. The van der Waals surface area contributed by atoms with Crippen molar-refractivity contribution in [1.82, 2.24) is 4.90 Å². The highest BCUT2D eigenvalue weighted by Gasteiger charge is 2.26. The molecule has 88 valence electrons. The van der Waals surface area contributed by atoms with Gasteiger partial charge in [-0.05, 0) is 38.8 Å². The van der Waals surface area contributed by atoms with Crippen molar-refractivity contribution in [2.75, 3.05) is 19.6 Å². The minimum Gasteiger partial charge on any atom is -0.369 e. The molecule has 1 amide bonds. The minimum atomic E-state index is -0.195. The molecule has 0 aromatic rings. The lowest BCUT2D eigenvalue weighted by molar-refractivity contribution is -0.121. The topological polar surface area (TPSA) is 72.3 Å². The Morgan fingerprint density at radius 2 is 2.33 bits per heavy atom. The lowest BCUT2D eigenvalue weighted by Crippen LogP contribution is -2.37. The summed E-state index contributed by atoms with van der Waals surface area (Å²) in [5, 5.41) is 0. The number of hydrogen-bond acceptors (Lipinski definition) is 3. The van der Waals surface area contributed by atoms with Crippen molar-refractivity contribution in [3.63, 3.8) is 0 Å². The molecule has 0 bridgehead atoms. The van der Waals surface area contributed by atoms with E-state index in [1.54, 1.807) is 0 Å². The van der Waals surface area contributed by atoms with Gasteiger partial charge in [-0.2, -0.15) is 0 Å². The van der Waals surface area contributed by atoms with Crippen LogP contribution in [0.3, 0.4) is 0 Å². The van der Waals surface area contributed by atoms with Crippen molar-refractivity contribution >= 4 is 5.91 Å². The largest absolute Gasteiger partial charge is 0.369 e. The Morgan fingerprint density at radius 1 is 1.60 bits per heavy atom. The second kappa shape index (κ2) is 6.08. The number of likely N-dealkylation sites (tertiary alicyclic amines) is 1. The van der Waals surface area contributed by atoms with Gasteiger partial charge in [-0.25, -0.2) is 0 Å². The Kier molecular flexibility index (Phi) is 5.05. The maximum absolute atomic E-state index is 11.0. The first-order chi connectivity index (χ1) is 7.15. The third-order valence-corrected chi connectivity index (χ3v) is 3.23. The fraction of sp³-hybridized carbons (Fsp3) is 0.909. The van der Waals surface area contributed by atoms with E-state index in [9.17, 15) is 4.79 Å². The van der Waals surface area contributed by atoms with E-state index in [4.69, 9.17) is 11.5 Å². The second-order valence-corrected chi connectivity index (χ2v) is 4.53. The van der Waals surface area contributed by atoms with Gasteiger partial charge in [0.15, 0.2) is 0 Å². The first-order valence-corrected chi connectivity index (χ1v) is 5.88. The highest BCUT2D eigenvalue weighted by atomic mass is 16.1. The molecule has 0 aromatic heterocycles. The van der Waals surface area contributed by atoms with Crippen molar-refractivity contribution in [3.8, 4) is 0 Å². The van der Waals surface area contributed by atoms with Gasteiger partial charge in [0.1, 0.15) is 0 Å². The van der Waals surface area contributed by atoms with Gasteiger partial charge in [0.05, 0.1) is 0 Å². The number of amides is 1. The van der Waals surface area contributed by atoms with Gasteiger partial charge >= 0.3 is 0 Å². The number of rotatable bonds is 6. The minimum absolute atomic E-state index is 0.0384. The molecular weight excluding hydrogens is 190 g/mol. The highest BCUT2D eigenvalue weighted by molar-refractivity contribution is 5.76. The van der Waals surface area contributed by atoms with Crippen LogP contribution < -0.4 is 11.5 Å². The predicted octanol–water partition coefficient (Wildman–Crippen LogP) is 0.311. The molecule has 0 spiro atoms.